The molecular formula is C18H18N8. The zero-order chi connectivity index (χ0) is 17.9. The van der Waals surface area contributed by atoms with E-state index in [9.17, 15) is 0 Å². The number of nitrogens with one attached hydrogen (secondary N) is 1. The van der Waals surface area contributed by atoms with Gasteiger partial charge in [-0.15, -0.1) is 0 Å². The molecule has 4 aromatic heterocycles. The standard InChI is InChI=1S/C18H18N8/c1-13-7-14(2)26(24-13)18-11-20-10-16(23-18)21-8-15-3-4-17(22-9-15)25-6-5-19-12-25/h3-7,9-12H,8H2,1-2H3,(H,21,23). The summed E-state index contributed by atoms with van der Waals surface area (Å²) in [6, 6.07) is 5.99. The number of hydrogen-bond donors (Lipinski definition) is 1. The molecule has 0 aliphatic carbocycles. The Hall–Kier alpha value is -3.55. The number of imidazole rings is 1. The lowest BCUT2D eigenvalue weighted by Gasteiger charge is -2.08. The summed E-state index contributed by atoms with van der Waals surface area (Å²) in [6.45, 7) is 4.56. The van der Waals surface area contributed by atoms with E-state index in [4.69, 9.17) is 0 Å². The van der Waals surface area contributed by atoms with Crippen LogP contribution in [0.2, 0.25) is 0 Å². The van der Waals surface area contributed by atoms with E-state index >= 15 is 0 Å². The molecule has 0 bridgehead atoms. The Labute approximate surface area is 150 Å². The van der Waals surface area contributed by atoms with Gasteiger partial charge in [0.2, 0.25) is 0 Å². The van der Waals surface area contributed by atoms with Crippen molar-refractivity contribution in [3.05, 3.63) is 72.5 Å². The summed E-state index contributed by atoms with van der Waals surface area (Å²) in [4.78, 5) is 17.3. The van der Waals surface area contributed by atoms with Crippen LogP contribution in [0.15, 0.2) is 55.5 Å². The van der Waals surface area contributed by atoms with E-state index in [0.29, 0.717) is 18.2 Å². The minimum atomic E-state index is 0.604. The lowest BCUT2D eigenvalue weighted by Crippen LogP contribution is -2.07. The van der Waals surface area contributed by atoms with Crippen LogP contribution < -0.4 is 5.32 Å². The van der Waals surface area contributed by atoms with Gasteiger partial charge >= 0.3 is 0 Å². The van der Waals surface area contributed by atoms with Crippen molar-refractivity contribution in [3.63, 3.8) is 0 Å². The van der Waals surface area contributed by atoms with Crippen molar-refractivity contribution in [2.45, 2.75) is 20.4 Å². The largest absolute Gasteiger partial charge is 0.365 e. The van der Waals surface area contributed by atoms with E-state index in [1.54, 1.807) is 29.6 Å². The lowest BCUT2D eigenvalue weighted by molar-refractivity contribution is 0.799. The second-order valence-corrected chi connectivity index (χ2v) is 5.95. The quantitative estimate of drug-likeness (QED) is 0.597. The summed E-state index contributed by atoms with van der Waals surface area (Å²) < 4.78 is 3.65. The molecular weight excluding hydrogens is 328 g/mol. The molecule has 0 spiro atoms. The first kappa shape index (κ1) is 15.9. The van der Waals surface area contributed by atoms with Crippen LogP contribution in [0.1, 0.15) is 17.0 Å². The fourth-order valence-corrected chi connectivity index (χ4v) is 2.66. The second-order valence-electron chi connectivity index (χ2n) is 5.95. The Morgan fingerprint density at radius 1 is 1.04 bits per heavy atom. The highest BCUT2D eigenvalue weighted by Gasteiger charge is 2.07. The third kappa shape index (κ3) is 3.30. The van der Waals surface area contributed by atoms with Crippen LogP contribution in [0.5, 0.6) is 0 Å². The van der Waals surface area contributed by atoms with Gasteiger partial charge in [0, 0.05) is 30.8 Å². The predicted molar refractivity (Wildman–Crippen MR) is 97.3 cm³/mol. The summed E-state index contributed by atoms with van der Waals surface area (Å²) in [5.74, 6) is 2.21. The van der Waals surface area contributed by atoms with Gasteiger partial charge in [0.25, 0.3) is 0 Å². The van der Waals surface area contributed by atoms with Crippen LogP contribution in [0.4, 0.5) is 5.82 Å². The maximum atomic E-state index is 4.58. The normalized spacial score (nSPS) is 10.8. The van der Waals surface area contributed by atoms with E-state index in [1.165, 1.54) is 0 Å². The van der Waals surface area contributed by atoms with Gasteiger partial charge < -0.3 is 5.32 Å². The van der Waals surface area contributed by atoms with Gasteiger partial charge in [-0.05, 0) is 31.5 Å². The molecule has 0 amide bonds. The number of aromatic nitrogens is 7. The molecule has 0 saturated heterocycles. The van der Waals surface area contributed by atoms with Crippen molar-refractivity contribution < 1.29 is 0 Å². The molecule has 4 heterocycles. The fraction of sp³-hybridized carbons (Fsp3) is 0.167. The topological polar surface area (TPSA) is 86.3 Å². The van der Waals surface area contributed by atoms with Crippen molar-refractivity contribution >= 4 is 5.82 Å². The van der Waals surface area contributed by atoms with Crippen molar-refractivity contribution in [1.29, 1.82) is 0 Å². The predicted octanol–water partition coefficient (Wildman–Crippen LogP) is 2.47. The summed E-state index contributed by atoms with van der Waals surface area (Å²) in [5, 5.41) is 7.72. The van der Waals surface area contributed by atoms with Gasteiger partial charge in [0.1, 0.15) is 18.0 Å². The number of anilines is 1. The highest BCUT2D eigenvalue weighted by atomic mass is 15.3. The first-order valence-electron chi connectivity index (χ1n) is 8.22. The van der Waals surface area contributed by atoms with Crippen molar-refractivity contribution in [3.8, 4) is 11.6 Å². The molecule has 130 valence electrons. The second kappa shape index (κ2) is 6.75. The van der Waals surface area contributed by atoms with Crippen LogP contribution in [0, 0.1) is 13.8 Å². The number of rotatable bonds is 5. The van der Waals surface area contributed by atoms with Crippen molar-refractivity contribution in [2.24, 2.45) is 0 Å². The molecule has 0 aromatic carbocycles. The molecule has 0 aliphatic heterocycles. The van der Waals surface area contributed by atoms with E-state index in [1.807, 2.05) is 49.0 Å². The molecule has 0 aliphatic rings. The Balaban J connectivity index is 1.46. The smallest absolute Gasteiger partial charge is 0.174 e. The molecule has 4 aromatic rings. The summed E-state index contributed by atoms with van der Waals surface area (Å²) in [6.07, 6.45) is 10.5. The van der Waals surface area contributed by atoms with Crippen LogP contribution in [0.3, 0.4) is 0 Å². The maximum Gasteiger partial charge on any atom is 0.174 e. The Kier molecular flexibility index (Phi) is 4.14. The minimum Gasteiger partial charge on any atom is -0.365 e. The van der Waals surface area contributed by atoms with Crippen LogP contribution in [-0.4, -0.2) is 34.3 Å². The number of nitrogens with zero attached hydrogens (tertiary/aromatic N) is 7. The average molecular weight is 346 g/mol. The van der Waals surface area contributed by atoms with Crippen LogP contribution in [-0.2, 0) is 6.54 Å². The van der Waals surface area contributed by atoms with Crippen molar-refractivity contribution in [1.82, 2.24) is 34.3 Å². The van der Waals surface area contributed by atoms with Gasteiger partial charge in [-0.25, -0.2) is 19.6 Å². The van der Waals surface area contributed by atoms with Gasteiger partial charge in [0.15, 0.2) is 5.82 Å². The van der Waals surface area contributed by atoms with Gasteiger partial charge in [0.05, 0.1) is 18.1 Å². The fourth-order valence-electron chi connectivity index (χ4n) is 2.66. The summed E-state index contributed by atoms with van der Waals surface area (Å²) in [5.41, 5.74) is 3.02. The number of pyridine rings is 1. The SMILES string of the molecule is Cc1cc(C)n(-c2cncc(NCc3ccc(-n4ccnc4)nc3)n2)n1. The van der Waals surface area contributed by atoms with Crippen LogP contribution >= 0.6 is 0 Å². The molecule has 0 atom stereocenters. The van der Waals surface area contributed by atoms with E-state index in [0.717, 1.165) is 22.8 Å². The molecule has 8 heteroatoms. The summed E-state index contributed by atoms with van der Waals surface area (Å²) >= 11 is 0. The highest BCUT2D eigenvalue weighted by molar-refractivity contribution is 5.38. The van der Waals surface area contributed by atoms with E-state index in [2.05, 4.69) is 30.4 Å². The molecule has 4 rings (SSSR count). The minimum absolute atomic E-state index is 0.604. The number of hydrogen-bond acceptors (Lipinski definition) is 6. The Bertz CT molecular complexity index is 1000. The van der Waals surface area contributed by atoms with Gasteiger partial charge in [-0.3, -0.25) is 9.55 Å². The maximum absolute atomic E-state index is 4.58. The molecule has 8 nitrogen and oxygen atoms in total. The zero-order valence-electron chi connectivity index (χ0n) is 14.5. The molecule has 1 N–H and O–H groups in total. The van der Waals surface area contributed by atoms with Crippen LogP contribution in [0.25, 0.3) is 11.6 Å². The van der Waals surface area contributed by atoms with Crippen molar-refractivity contribution in [2.75, 3.05) is 5.32 Å². The van der Waals surface area contributed by atoms with E-state index < -0.39 is 0 Å². The number of aryl methyl sites for hydroxylation is 2. The first-order chi connectivity index (χ1) is 12.7. The third-order valence-electron chi connectivity index (χ3n) is 3.90. The Morgan fingerprint density at radius 2 is 1.96 bits per heavy atom. The molecule has 0 unspecified atom stereocenters. The van der Waals surface area contributed by atoms with Gasteiger partial charge in [-0.2, -0.15) is 5.10 Å². The lowest BCUT2D eigenvalue weighted by atomic mass is 10.3. The molecule has 26 heavy (non-hydrogen) atoms. The third-order valence-corrected chi connectivity index (χ3v) is 3.90. The van der Waals surface area contributed by atoms with E-state index in [-0.39, 0.29) is 0 Å². The zero-order valence-corrected chi connectivity index (χ0v) is 14.5. The average Bonchev–Trinajstić information content (AvgIpc) is 3.30. The highest BCUT2D eigenvalue weighted by Crippen LogP contribution is 2.12. The first-order valence-corrected chi connectivity index (χ1v) is 8.22. The Morgan fingerprint density at radius 3 is 2.65 bits per heavy atom. The molecule has 0 fully saturated rings. The van der Waals surface area contributed by atoms with Gasteiger partial charge in [-0.1, -0.05) is 6.07 Å². The summed E-state index contributed by atoms with van der Waals surface area (Å²) in [7, 11) is 0. The monoisotopic (exact) mass is 346 g/mol. The molecule has 0 saturated carbocycles. The molecule has 0 radical (unpaired) electrons.